The van der Waals surface area contributed by atoms with Crippen LogP contribution in [0.3, 0.4) is 0 Å². The Balaban J connectivity index is 2.15. The van der Waals surface area contributed by atoms with Crippen molar-refractivity contribution in [3.8, 4) is 0 Å². The second-order valence-corrected chi connectivity index (χ2v) is 4.82. The number of benzene rings is 1. The fraction of sp³-hybridized carbons (Fsp3) is 0.308. The molecule has 1 unspecified atom stereocenters. The standard InChI is InChI=1S/C13H15N3O/c14-12(17)13(15)6-5-11-9(7-13)8-3-1-2-4-10(8)16-11/h1-4,16H,5-7,15H2,(H2,14,17). The summed E-state index contributed by atoms with van der Waals surface area (Å²) in [6.07, 6.45) is 1.92. The molecule has 0 aliphatic heterocycles. The summed E-state index contributed by atoms with van der Waals surface area (Å²) in [5.74, 6) is -0.409. The van der Waals surface area contributed by atoms with E-state index in [9.17, 15) is 4.79 Å². The number of aryl methyl sites for hydroxylation is 1. The van der Waals surface area contributed by atoms with Gasteiger partial charge in [0, 0.05) is 23.0 Å². The Morgan fingerprint density at radius 3 is 2.88 bits per heavy atom. The molecule has 1 heterocycles. The SMILES string of the molecule is NC(=O)C1(N)CCc2[nH]c3ccccc3c2C1. The summed E-state index contributed by atoms with van der Waals surface area (Å²) >= 11 is 0. The molecular formula is C13H15N3O. The van der Waals surface area contributed by atoms with Gasteiger partial charge in [-0.1, -0.05) is 18.2 Å². The molecule has 0 bridgehead atoms. The number of amides is 1. The maximum absolute atomic E-state index is 11.4. The van der Waals surface area contributed by atoms with Crippen molar-refractivity contribution in [1.29, 1.82) is 0 Å². The normalized spacial score (nSPS) is 23.6. The highest BCUT2D eigenvalue weighted by Crippen LogP contribution is 2.32. The predicted octanol–water partition coefficient (Wildman–Crippen LogP) is 0.839. The number of fused-ring (bicyclic) bond motifs is 3. The van der Waals surface area contributed by atoms with Gasteiger partial charge in [0.2, 0.25) is 5.91 Å². The predicted molar refractivity (Wildman–Crippen MR) is 66.4 cm³/mol. The molecule has 5 N–H and O–H groups in total. The fourth-order valence-corrected chi connectivity index (χ4v) is 2.63. The molecule has 1 aromatic heterocycles. The zero-order valence-electron chi connectivity index (χ0n) is 9.49. The molecule has 0 radical (unpaired) electrons. The van der Waals surface area contributed by atoms with E-state index in [2.05, 4.69) is 11.1 Å². The Kier molecular flexibility index (Phi) is 2.03. The molecule has 0 fully saturated rings. The summed E-state index contributed by atoms with van der Waals surface area (Å²) in [6.45, 7) is 0. The summed E-state index contributed by atoms with van der Waals surface area (Å²) in [5.41, 5.74) is 14.0. The maximum atomic E-state index is 11.4. The summed E-state index contributed by atoms with van der Waals surface area (Å²) < 4.78 is 0. The van der Waals surface area contributed by atoms with Crippen molar-refractivity contribution in [3.63, 3.8) is 0 Å². The van der Waals surface area contributed by atoms with Gasteiger partial charge in [-0.2, -0.15) is 0 Å². The molecule has 1 aliphatic rings. The van der Waals surface area contributed by atoms with E-state index < -0.39 is 11.4 Å². The van der Waals surface area contributed by atoms with E-state index >= 15 is 0 Å². The Morgan fingerprint density at radius 1 is 1.35 bits per heavy atom. The number of hydrogen-bond acceptors (Lipinski definition) is 2. The molecule has 1 aromatic carbocycles. The second-order valence-electron chi connectivity index (χ2n) is 4.82. The highest BCUT2D eigenvalue weighted by atomic mass is 16.1. The van der Waals surface area contributed by atoms with E-state index in [-0.39, 0.29) is 0 Å². The summed E-state index contributed by atoms with van der Waals surface area (Å²) in [5, 5.41) is 1.15. The van der Waals surface area contributed by atoms with Crippen molar-refractivity contribution in [1.82, 2.24) is 4.98 Å². The molecule has 4 nitrogen and oxygen atoms in total. The first-order chi connectivity index (χ1) is 8.10. The molecule has 4 heteroatoms. The first-order valence-corrected chi connectivity index (χ1v) is 5.77. The number of hydrogen-bond donors (Lipinski definition) is 3. The van der Waals surface area contributed by atoms with Crippen LogP contribution in [0.1, 0.15) is 17.7 Å². The van der Waals surface area contributed by atoms with Crippen molar-refractivity contribution < 1.29 is 4.79 Å². The van der Waals surface area contributed by atoms with Crippen molar-refractivity contribution in [2.75, 3.05) is 0 Å². The maximum Gasteiger partial charge on any atom is 0.237 e. The van der Waals surface area contributed by atoms with E-state index in [0.717, 1.165) is 22.9 Å². The van der Waals surface area contributed by atoms with Gasteiger partial charge in [0.15, 0.2) is 0 Å². The number of para-hydroxylation sites is 1. The molecule has 88 valence electrons. The first kappa shape index (κ1) is 10.4. The van der Waals surface area contributed by atoms with Crippen LogP contribution < -0.4 is 11.5 Å². The fourth-order valence-electron chi connectivity index (χ4n) is 2.63. The Morgan fingerprint density at radius 2 is 2.12 bits per heavy atom. The van der Waals surface area contributed by atoms with E-state index in [1.807, 2.05) is 18.2 Å². The van der Waals surface area contributed by atoms with Gasteiger partial charge in [-0.25, -0.2) is 0 Å². The third kappa shape index (κ3) is 1.45. The highest BCUT2D eigenvalue weighted by molar-refractivity contribution is 5.89. The number of carbonyl (C=O) groups excluding carboxylic acids is 1. The van der Waals surface area contributed by atoms with Crippen LogP contribution in [-0.2, 0) is 17.6 Å². The van der Waals surface area contributed by atoms with Crippen LogP contribution >= 0.6 is 0 Å². The monoisotopic (exact) mass is 229 g/mol. The van der Waals surface area contributed by atoms with Crippen molar-refractivity contribution in [2.45, 2.75) is 24.8 Å². The molecule has 0 saturated heterocycles. The third-order valence-corrected chi connectivity index (χ3v) is 3.71. The minimum Gasteiger partial charge on any atom is -0.368 e. The van der Waals surface area contributed by atoms with Gasteiger partial charge < -0.3 is 16.5 Å². The van der Waals surface area contributed by atoms with E-state index in [4.69, 9.17) is 11.5 Å². The topological polar surface area (TPSA) is 84.9 Å². The smallest absolute Gasteiger partial charge is 0.237 e. The molecule has 1 amide bonds. The molecule has 3 rings (SSSR count). The van der Waals surface area contributed by atoms with Crippen LogP contribution in [0.4, 0.5) is 0 Å². The van der Waals surface area contributed by atoms with E-state index in [1.165, 1.54) is 5.69 Å². The van der Waals surface area contributed by atoms with Crippen LogP contribution in [0, 0.1) is 0 Å². The van der Waals surface area contributed by atoms with Crippen LogP contribution in [0.2, 0.25) is 0 Å². The number of rotatable bonds is 1. The molecular weight excluding hydrogens is 214 g/mol. The number of primary amides is 1. The summed E-state index contributed by atoms with van der Waals surface area (Å²) in [7, 11) is 0. The largest absolute Gasteiger partial charge is 0.368 e. The Hall–Kier alpha value is -1.81. The van der Waals surface area contributed by atoms with Crippen molar-refractivity contribution in [3.05, 3.63) is 35.5 Å². The lowest BCUT2D eigenvalue weighted by Gasteiger charge is -2.30. The van der Waals surface area contributed by atoms with Crippen LogP contribution in [0.25, 0.3) is 10.9 Å². The van der Waals surface area contributed by atoms with Gasteiger partial charge in [-0.3, -0.25) is 4.79 Å². The number of H-pyrrole nitrogens is 1. The Labute approximate surface area is 99.0 Å². The van der Waals surface area contributed by atoms with E-state index in [0.29, 0.717) is 12.8 Å². The van der Waals surface area contributed by atoms with Crippen LogP contribution in [0.15, 0.2) is 24.3 Å². The molecule has 1 atom stereocenters. The second kappa shape index (κ2) is 3.34. The summed E-state index contributed by atoms with van der Waals surface area (Å²) in [6, 6.07) is 8.08. The first-order valence-electron chi connectivity index (χ1n) is 5.77. The zero-order valence-corrected chi connectivity index (χ0v) is 9.49. The Bertz CT molecular complexity index is 602. The van der Waals surface area contributed by atoms with Crippen LogP contribution in [0.5, 0.6) is 0 Å². The molecule has 0 saturated carbocycles. The van der Waals surface area contributed by atoms with Gasteiger partial charge >= 0.3 is 0 Å². The van der Waals surface area contributed by atoms with Crippen molar-refractivity contribution >= 4 is 16.8 Å². The quantitative estimate of drug-likeness (QED) is 0.677. The lowest BCUT2D eigenvalue weighted by atomic mass is 9.80. The minimum atomic E-state index is -0.891. The number of aromatic amines is 1. The van der Waals surface area contributed by atoms with Gasteiger partial charge in [-0.15, -0.1) is 0 Å². The van der Waals surface area contributed by atoms with Gasteiger partial charge in [0.1, 0.15) is 0 Å². The highest BCUT2D eigenvalue weighted by Gasteiger charge is 2.37. The average Bonchev–Trinajstić information content (AvgIpc) is 2.67. The van der Waals surface area contributed by atoms with Gasteiger partial charge in [0.05, 0.1) is 5.54 Å². The minimum absolute atomic E-state index is 0.409. The van der Waals surface area contributed by atoms with Crippen molar-refractivity contribution in [2.24, 2.45) is 11.5 Å². The number of aromatic nitrogens is 1. The molecule has 17 heavy (non-hydrogen) atoms. The lowest BCUT2D eigenvalue weighted by Crippen LogP contribution is -2.55. The van der Waals surface area contributed by atoms with Crippen LogP contribution in [-0.4, -0.2) is 16.4 Å². The van der Waals surface area contributed by atoms with Gasteiger partial charge in [0.25, 0.3) is 0 Å². The van der Waals surface area contributed by atoms with E-state index in [1.54, 1.807) is 0 Å². The average molecular weight is 229 g/mol. The molecule has 2 aromatic rings. The number of nitrogens with two attached hydrogens (primary N) is 2. The summed E-state index contributed by atoms with van der Waals surface area (Å²) in [4.78, 5) is 14.8. The van der Waals surface area contributed by atoms with Gasteiger partial charge in [-0.05, 0) is 24.5 Å². The lowest BCUT2D eigenvalue weighted by molar-refractivity contribution is -0.123. The zero-order chi connectivity index (χ0) is 12.0. The third-order valence-electron chi connectivity index (χ3n) is 3.71. The molecule has 0 spiro atoms. The number of carbonyl (C=O) groups is 1. The number of nitrogens with one attached hydrogen (secondary N) is 1. The molecule has 1 aliphatic carbocycles.